The van der Waals surface area contributed by atoms with Crippen molar-refractivity contribution in [3.8, 4) is 0 Å². The van der Waals surface area contributed by atoms with Crippen LogP contribution in [0.2, 0.25) is 0 Å². The average molecular weight is 329 g/mol. The monoisotopic (exact) mass is 329 g/mol. The number of rotatable bonds is 3. The predicted molar refractivity (Wildman–Crippen MR) is 102 cm³/mol. The molecular formula is C21H17N2S+. The van der Waals surface area contributed by atoms with E-state index in [0.717, 1.165) is 11.6 Å². The van der Waals surface area contributed by atoms with E-state index >= 15 is 0 Å². The summed E-state index contributed by atoms with van der Waals surface area (Å²) in [4.78, 5) is 5.89. The molecule has 0 aromatic heterocycles. The Kier molecular flexibility index (Phi) is 4.26. The maximum atomic E-state index is 4.60. The summed E-state index contributed by atoms with van der Waals surface area (Å²) in [5.41, 5.74) is 4.61. The SMILES string of the molecule is C(=Nc1ccccc1)c1cccc2c1SC[N+](c1ccccc1)=C2. The lowest BCUT2D eigenvalue weighted by Gasteiger charge is -2.13. The third kappa shape index (κ3) is 3.17. The normalized spacial score (nSPS) is 13.6. The van der Waals surface area contributed by atoms with E-state index in [2.05, 4.69) is 58.2 Å². The maximum Gasteiger partial charge on any atom is 0.205 e. The highest BCUT2D eigenvalue weighted by atomic mass is 32.2. The van der Waals surface area contributed by atoms with Gasteiger partial charge in [-0.1, -0.05) is 60.3 Å². The summed E-state index contributed by atoms with van der Waals surface area (Å²) in [6.07, 6.45) is 4.19. The van der Waals surface area contributed by atoms with Crippen LogP contribution in [-0.4, -0.2) is 22.9 Å². The molecule has 24 heavy (non-hydrogen) atoms. The first-order valence-corrected chi connectivity index (χ1v) is 8.90. The van der Waals surface area contributed by atoms with Gasteiger partial charge >= 0.3 is 0 Å². The number of para-hydroxylation sites is 2. The Bertz CT molecular complexity index is 900. The smallest absolute Gasteiger partial charge is 0.205 e. The van der Waals surface area contributed by atoms with E-state index in [4.69, 9.17) is 0 Å². The minimum atomic E-state index is 0.910. The molecule has 3 heteroatoms. The molecule has 0 spiro atoms. The fourth-order valence-electron chi connectivity index (χ4n) is 2.71. The highest BCUT2D eigenvalue weighted by Gasteiger charge is 2.20. The highest BCUT2D eigenvalue weighted by Crippen LogP contribution is 2.31. The molecule has 3 aromatic carbocycles. The number of thioether (sulfide) groups is 1. The lowest BCUT2D eigenvalue weighted by molar-refractivity contribution is -0.411. The van der Waals surface area contributed by atoms with Crippen molar-refractivity contribution in [3.05, 3.63) is 90.0 Å². The first-order valence-electron chi connectivity index (χ1n) is 7.92. The minimum absolute atomic E-state index is 0.910. The van der Waals surface area contributed by atoms with Gasteiger partial charge in [-0.3, -0.25) is 4.99 Å². The molecule has 0 unspecified atom stereocenters. The van der Waals surface area contributed by atoms with Gasteiger partial charge in [0.25, 0.3) is 0 Å². The third-order valence-electron chi connectivity index (χ3n) is 3.92. The molecule has 0 bridgehead atoms. The van der Waals surface area contributed by atoms with E-state index < -0.39 is 0 Å². The van der Waals surface area contributed by atoms with E-state index in [1.165, 1.54) is 21.7 Å². The first-order chi connectivity index (χ1) is 11.9. The molecule has 0 radical (unpaired) electrons. The zero-order valence-electron chi connectivity index (χ0n) is 13.2. The van der Waals surface area contributed by atoms with Gasteiger partial charge in [-0.05, 0) is 18.2 Å². The number of hydrogen-bond acceptors (Lipinski definition) is 2. The molecule has 0 amide bonds. The summed E-state index contributed by atoms with van der Waals surface area (Å²) in [7, 11) is 0. The van der Waals surface area contributed by atoms with Gasteiger partial charge < -0.3 is 0 Å². The summed E-state index contributed by atoms with van der Waals surface area (Å²) < 4.78 is 2.28. The van der Waals surface area contributed by atoms with Crippen LogP contribution in [0.3, 0.4) is 0 Å². The zero-order valence-corrected chi connectivity index (χ0v) is 14.0. The topological polar surface area (TPSA) is 15.4 Å². The Balaban J connectivity index is 1.67. The quantitative estimate of drug-likeness (QED) is 0.472. The molecular weight excluding hydrogens is 312 g/mol. The van der Waals surface area contributed by atoms with Gasteiger partial charge in [-0.15, -0.1) is 0 Å². The molecule has 1 heterocycles. The molecule has 1 aliphatic rings. The second-order valence-corrected chi connectivity index (χ2v) is 6.52. The van der Waals surface area contributed by atoms with Crippen LogP contribution in [0.1, 0.15) is 11.1 Å². The van der Waals surface area contributed by atoms with Crippen LogP contribution in [0.15, 0.2) is 88.8 Å². The fraction of sp³-hybridized carbons (Fsp3) is 0.0476. The predicted octanol–water partition coefficient (Wildman–Crippen LogP) is 5.26. The van der Waals surface area contributed by atoms with Crippen LogP contribution in [0.25, 0.3) is 0 Å². The van der Waals surface area contributed by atoms with E-state index in [-0.39, 0.29) is 0 Å². The van der Waals surface area contributed by atoms with E-state index in [0.29, 0.717) is 0 Å². The molecule has 0 N–H and O–H groups in total. The van der Waals surface area contributed by atoms with Crippen molar-refractivity contribution in [2.24, 2.45) is 4.99 Å². The summed E-state index contributed by atoms with van der Waals surface area (Å²) in [6, 6.07) is 26.9. The van der Waals surface area contributed by atoms with Gasteiger partial charge in [0.1, 0.15) is 0 Å². The van der Waals surface area contributed by atoms with Crippen molar-refractivity contribution >= 4 is 35.6 Å². The van der Waals surface area contributed by atoms with Crippen LogP contribution in [0.5, 0.6) is 0 Å². The number of hydrogen-bond donors (Lipinski definition) is 0. The van der Waals surface area contributed by atoms with Crippen molar-refractivity contribution in [1.82, 2.24) is 0 Å². The average Bonchev–Trinajstić information content (AvgIpc) is 2.67. The summed E-state index contributed by atoms with van der Waals surface area (Å²) in [6.45, 7) is 0. The van der Waals surface area contributed by atoms with Crippen LogP contribution in [-0.2, 0) is 0 Å². The molecule has 0 aliphatic carbocycles. The Labute approximate surface area is 146 Å². The minimum Gasteiger partial charge on any atom is -0.256 e. The van der Waals surface area contributed by atoms with Crippen molar-refractivity contribution in [3.63, 3.8) is 0 Å². The van der Waals surface area contributed by atoms with Gasteiger partial charge in [0.15, 0.2) is 12.1 Å². The van der Waals surface area contributed by atoms with Crippen LogP contribution in [0, 0.1) is 0 Å². The largest absolute Gasteiger partial charge is 0.256 e. The summed E-state index contributed by atoms with van der Waals surface area (Å²) >= 11 is 1.86. The number of aliphatic imine (C=N–C) groups is 1. The van der Waals surface area contributed by atoms with Gasteiger partial charge in [0.2, 0.25) is 5.69 Å². The molecule has 4 rings (SSSR count). The van der Waals surface area contributed by atoms with Crippen LogP contribution < -0.4 is 0 Å². The van der Waals surface area contributed by atoms with Crippen molar-refractivity contribution in [1.29, 1.82) is 0 Å². The van der Waals surface area contributed by atoms with E-state index in [1.54, 1.807) is 0 Å². The summed E-state index contributed by atoms with van der Waals surface area (Å²) in [5.74, 6) is 0.910. The second kappa shape index (κ2) is 6.85. The van der Waals surface area contributed by atoms with Gasteiger partial charge in [0.05, 0.1) is 11.3 Å². The molecule has 2 nitrogen and oxygen atoms in total. The molecule has 116 valence electrons. The maximum absolute atomic E-state index is 4.60. The van der Waals surface area contributed by atoms with E-state index in [1.807, 2.05) is 54.4 Å². The summed E-state index contributed by atoms with van der Waals surface area (Å²) in [5, 5.41) is 0. The Morgan fingerprint density at radius 2 is 1.58 bits per heavy atom. The van der Waals surface area contributed by atoms with Crippen molar-refractivity contribution in [2.75, 3.05) is 5.88 Å². The number of fused-ring (bicyclic) bond motifs is 1. The van der Waals surface area contributed by atoms with Gasteiger partial charge in [0, 0.05) is 28.8 Å². The second-order valence-electron chi connectivity index (χ2n) is 5.57. The molecule has 0 saturated heterocycles. The molecule has 3 aromatic rings. The first kappa shape index (κ1) is 14.9. The van der Waals surface area contributed by atoms with Crippen molar-refractivity contribution < 1.29 is 4.58 Å². The molecule has 0 fully saturated rings. The number of benzene rings is 3. The Morgan fingerprint density at radius 1 is 0.833 bits per heavy atom. The number of nitrogens with zero attached hydrogens (tertiary/aromatic N) is 2. The third-order valence-corrected chi connectivity index (χ3v) is 5.08. The van der Waals surface area contributed by atoms with Gasteiger partial charge in [-0.2, -0.15) is 4.58 Å². The van der Waals surface area contributed by atoms with E-state index in [9.17, 15) is 0 Å². The Morgan fingerprint density at radius 3 is 2.38 bits per heavy atom. The van der Waals surface area contributed by atoms with Gasteiger partial charge in [-0.25, -0.2) is 0 Å². The standard InChI is InChI=1S/C21H17N2S/c1-3-10-19(11-4-1)22-14-17-8-7-9-18-15-23(16-24-21(17)18)20-12-5-2-6-13-20/h1-15H,16H2/q+1. The Hall–Kier alpha value is -2.65. The zero-order chi connectivity index (χ0) is 16.2. The van der Waals surface area contributed by atoms with Crippen LogP contribution >= 0.6 is 11.8 Å². The lowest BCUT2D eigenvalue weighted by Crippen LogP contribution is -2.13. The highest BCUT2D eigenvalue weighted by molar-refractivity contribution is 7.99. The lowest BCUT2D eigenvalue weighted by atomic mass is 10.1. The molecule has 0 saturated carbocycles. The van der Waals surface area contributed by atoms with Crippen LogP contribution in [0.4, 0.5) is 11.4 Å². The molecule has 1 aliphatic heterocycles. The fourth-order valence-corrected chi connectivity index (χ4v) is 3.78. The van der Waals surface area contributed by atoms with Crippen molar-refractivity contribution in [2.45, 2.75) is 4.90 Å². The molecule has 0 atom stereocenters.